The molecular formula is C17H28N2O3. The molecule has 0 aliphatic heterocycles. The molecular weight excluding hydrogens is 280 g/mol. The predicted molar refractivity (Wildman–Crippen MR) is 87.9 cm³/mol. The Labute approximate surface area is 133 Å². The smallest absolute Gasteiger partial charge is 0.234 e. The lowest BCUT2D eigenvalue weighted by Crippen LogP contribution is -2.39. The average Bonchev–Trinajstić information content (AvgIpc) is 2.44. The van der Waals surface area contributed by atoms with Gasteiger partial charge in [0, 0.05) is 12.6 Å². The molecule has 1 rings (SSSR count). The summed E-state index contributed by atoms with van der Waals surface area (Å²) in [5, 5.41) is 12.9. The van der Waals surface area contributed by atoms with Crippen LogP contribution in [-0.4, -0.2) is 48.2 Å². The Morgan fingerprint density at radius 1 is 1.23 bits per heavy atom. The quantitative estimate of drug-likeness (QED) is 0.771. The van der Waals surface area contributed by atoms with Crippen molar-refractivity contribution in [2.75, 3.05) is 20.1 Å². The molecule has 0 spiro atoms. The van der Waals surface area contributed by atoms with Crippen LogP contribution in [0.15, 0.2) is 24.3 Å². The molecule has 1 amide bonds. The molecule has 5 nitrogen and oxygen atoms in total. The van der Waals surface area contributed by atoms with Crippen molar-refractivity contribution in [1.29, 1.82) is 0 Å². The summed E-state index contributed by atoms with van der Waals surface area (Å²) in [6, 6.07) is 7.59. The lowest BCUT2D eigenvalue weighted by Gasteiger charge is -2.21. The maximum Gasteiger partial charge on any atom is 0.234 e. The van der Waals surface area contributed by atoms with Gasteiger partial charge in [-0.05, 0) is 52.4 Å². The van der Waals surface area contributed by atoms with Crippen LogP contribution in [0.25, 0.3) is 0 Å². The van der Waals surface area contributed by atoms with E-state index in [1.807, 2.05) is 63.9 Å². The van der Waals surface area contributed by atoms with Gasteiger partial charge in [0.15, 0.2) is 0 Å². The number of ether oxygens (including phenoxy) is 1. The van der Waals surface area contributed by atoms with Gasteiger partial charge in [-0.1, -0.05) is 12.1 Å². The minimum Gasteiger partial charge on any atom is -0.491 e. The van der Waals surface area contributed by atoms with E-state index in [9.17, 15) is 9.90 Å². The van der Waals surface area contributed by atoms with Gasteiger partial charge in [0.2, 0.25) is 5.91 Å². The van der Waals surface area contributed by atoms with E-state index < -0.39 is 6.10 Å². The molecule has 1 atom stereocenters. The highest BCUT2D eigenvalue weighted by Gasteiger charge is 2.12. The van der Waals surface area contributed by atoms with Gasteiger partial charge in [0.1, 0.15) is 5.75 Å². The van der Waals surface area contributed by atoms with Gasteiger partial charge in [-0.25, -0.2) is 0 Å². The SMILES string of the molecule is CC(C)Oc1ccc(C(O)CNC(=O)CN(C)C(C)C)cc1. The first-order valence-corrected chi connectivity index (χ1v) is 7.71. The molecule has 0 aliphatic carbocycles. The maximum atomic E-state index is 11.8. The predicted octanol–water partition coefficient (Wildman–Crippen LogP) is 1.96. The molecule has 0 heterocycles. The largest absolute Gasteiger partial charge is 0.491 e. The second kappa shape index (κ2) is 8.76. The van der Waals surface area contributed by atoms with Crippen LogP contribution < -0.4 is 10.1 Å². The maximum absolute atomic E-state index is 11.8. The third kappa shape index (κ3) is 6.45. The minimum atomic E-state index is -0.721. The lowest BCUT2D eigenvalue weighted by molar-refractivity contribution is -0.122. The lowest BCUT2D eigenvalue weighted by atomic mass is 10.1. The second-order valence-corrected chi connectivity index (χ2v) is 6.06. The number of rotatable bonds is 8. The Morgan fingerprint density at radius 3 is 2.32 bits per heavy atom. The Balaban J connectivity index is 2.45. The van der Waals surface area contributed by atoms with Crippen molar-refractivity contribution in [3.63, 3.8) is 0 Å². The number of aliphatic hydroxyl groups is 1. The molecule has 0 fully saturated rings. The van der Waals surface area contributed by atoms with Gasteiger partial charge < -0.3 is 15.2 Å². The van der Waals surface area contributed by atoms with Gasteiger partial charge in [0.25, 0.3) is 0 Å². The zero-order chi connectivity index (χ0) is 16.7. The van der Waals surface area contributed by atoms with E-state index in [-0.39, 0.29) is 18.6 Å². The Hall–Kier alpha value is -1.59. The number of carbonyl (C=O) groups is 1. The van der Waals surface area contributed by atoms with Crippen LogP contribution in [-0.2, 0) is 4.79 Å². The van der Waals surface area contributed by atoms with Crippen molar-refractivity contribution < 1.29 is 14.6 Å². The molecule has 1 aromatic carbocycles. The molecule has 2 N–H and O–H groups in total. The number of nitrogens with zero attached hydrogens (tertiary/aromatic N) is 1. The molecule has 0 aromatic heterocycles. The molecule has 124 valence electrons. The normalized spacial score (nSPS) is 12.8. The number of carbonyl (C=O) groups excluding carboxylic acids is 1. The molecule has 5 heteroatoms. The van der Waals surface area contributed by atoms with Crippen molar-refractivity contribution >= 4 is 5.91 Å². The van der Waals surface area contributed by atoms with E-state index in [1.54, 1.807) is 0 Å². The van der Waals surface area contributed by atoms with Crippen molar-refractivity contribution in [2.24, 2.45) is 0 Å². The number of benzene rings is 1. The standard InChI is InChI=1S/C17H28N2O3/c1-12(2)19(5)11-17(21)18-10-16(20)14-6-8-15(9-7-14)22-13(3)4/h6-9,12-13,16,20H,10-11H2,1-5H3,(H,18,21). The summed E-state index contributed by atoms with van der Waals surface area (Å²) in [6.45, 7) is 8.52. The van der Waals surface area contributed by atoms with E-state index >= 15 is 0 Å². The third-order valence-electron chi connectivity index (χ3n) is 3.40. The van der Waals surface area contributed by atoms with Crippen LogP contribution in [0.1, 0.15) is 39.4 Å². The van der Waals surface area contributed by atoms with Crippen LogP contribution in [0, 0.1) is 0 Å². The fourth-order valence-electron chi connectivity index (χ4n) is 1.83. The molecule has 1 aromatic rings. The molecule has 0 saturated heterocycles. The monoisotopic (exact) mass is 308 g/mol. The summed E-state index contributed by atoms with van der Waals surface area (Å²) in [7, 11) is 1.90. The zero-order valence-corrected chi connectivity index (χ0v) is 14.2. The van der Waals surface area contributed by atoms with Crippen LogP contribution in [0.5, 0.6) is 5.75 Å². The Kier molecular flexibility index (Phi) is 7.35. The molecule has 0 radical (unpaired) electrons. The van der Waals surface area contributed by atoms with Gasteiger partial charge >= 0.3 is 0 Å². The van der Waals surface area contributed by atoms with E-state index in [0.717, 1.165) is 11.3 Å². The fraction of sp³-hybridized carbons (Fsp3) is 0.588. The van der Waals surface area contributed by atoms with Crippen LogP contribution in [0.4, 0.5) is 0 Å². The molecule has 1 unspecified atom stereocenters. The number of hydrogen-bond donors (Lipinski definition) is 2. The number of nitrogens with one attached hydrogen (secondary N) is 1. The first-order chi connectivity index (χ1) is 10.3. The van der Waals surface area contributed by atoms with Crippen LogP contribution in [0.2, 0.25) is 0 Å². The Morgan fingerprint density at radius 2 is 1.82 bits per heavy atom. The van der Waals surface area contributed by atoms with Gasteiger partial charge in [-0.2, -0.15) is 0 Å². The zero-order valence-electron chi connectivity index (χ0n) is 14.2. The summed E-state index contributed by atoms with van der Waals surface area (Å²) in [5.41, 5.74) is 0.758. The van der Waals surface area contributed by atoms with Crippen LogP contribution >= 0.6 is 0 Å². The average molecular weight is 308 g/mol. The highest BCUT2D eigenvalue weighted by molar-refractivity contribution is 5.78. The van der Waals surface area contributed by atoms with Gasteiger partial charge in [-0.3, -0.25) is 9.69 Å². The molecule has 0 saturated carbocycles. The van der Waals surface area contributed by atoms with Gasteiger partial charge in [-0.15, -0.1) is 0 Å². The summed E-state index contributed by atoms with van der Waals surface area (Å²) in [6.07, 6.45) is -0.602. The minimum absolute atomic E-state index is 0.0880. The first kappa shape index (κ1) is 18.5. The number of amides is 1. The highest BCUT2D eigenvalue weighted by Crippen LogP contribution is 2.18. The number of aliphatic hydroxyl groups excluding tert-OH is 1. The summed E-state index contributed by atoms with van der Waals surface area (Å²) in [5.74, 6) is 0.684. The van der Waals surface area contributed by atoms with Crippen molar-refractivity contribution in [3.8, 4) is 5.75 Å². The summed E-state index contributed by atoms with van der Waals surface area (Å²) in [4.78, 5) is 13.7. The number of hydrogen-bond acceptors (Lipinski definition) is 4. The fourth-order valence-corrected chi connectivity index (χ4v) is 1.83. The molecule has 0 aliphatic rings. The molecule has 22 heavy (non-hydrogen) atoms. The van der Waals surface area contributed by atoms with E-state index in [1.165, 1.54) is 0 Å². The topological polar surface area (TPSA) is 61.8 Å². The van der Waals surface area contributed by atoms with E-state index in [0.29, 0.717) is 12.6 Å². The van der Waals surface area contributed by atoms with Crippen molar-refractivity contribution in [1.82, 2.24) is 10.2 Å². The Bertz CT molecular complexity index is 457. The third-order valence-corrected chi connectivity index (χ3v) is 3.40. The van der Waals surface area contributed by atoms with Crippen molar-refractivity contribution in [3.05, 3.63) is 29.8 Å². The van der Waals surface area contributed by atoms with Crippen molar-refractivity contribution in [2.45, 2.75) is 45.9 Å². The van der Waals surface area contributed by atoms with E-state index in [2.05, 4.69) is 5.32 Å². The second-order valence-electron chi connectivity index (χ2n) is 6.06. The number of likely N-dealkylation sites (N-methyl/N-ethyl adjacent to an activating group) is 1. The first-order valence-electron chi connectivity index (χ1n) is 7.71. The highest BCUT2D eigenvalue weighted by atomic mass is 16.5. The summed E-state index contributed by atoms with van der Waals surface area (Å²) < 4.78 is 5.56. The van der Waals surface area contributed by atoms with Gasteiger partial charge in [0.05, 0.1) is 18.8 Å². The molecule has 0 bridgehead atoms. The van der Waals surface area contributed by atoms with E-state index in [4.69, 9.17) is 4.74 Å². The van der Waals surface area contributed by atoms with Crippen LogP contribution in [0.3, 0.4) is 0 Å². The summed E-state index contributed by atoms with van der Waals surface area (Å²) >= 11 is 0.